The van der Waals surface area contributed by atoms with E-state index in [9.17, 15) is 4.79 Å². The second-order valence-electron chi connectivity index (χ2n) is 5.52. The summed E-state index contributed by atoms with van der Waals surface area (Å²) >= 11 is 1.56. The van der Waals surface area contributed by atoms with Gasteiger partial charge >= 0.3 is 0 Å². The number of thioether (sulfide) groups is 1. The number of aromatic nitrogens is 2. The van der Waals surface area contributed by atoms with E-state index in [1.807, 2.05) is 37.7 Å². The van der Waals surface area contributed by atoms with Crippen molar-refractivity contribution in [2.24, 2.45) is 12.8 Å². The van der Waals surface area contributed by atoms with E-state index in [1.54, 1.807) is 24.0 Å². The van der Waals surface area contributed by atoms with Gasteiger partial charge in [0.25, 0.3) is 5.91 Å². The third-order valence-electron chi connectivity index (χ3n) is 4.13. The Hall–Kier alpha value is -1.15. The molecule has 0 radical (unpaired) electrons. The van der Waals surface area contributed by atoms with Crippen molar-refractivity contribution < 1.29 is 9.21 Å². The second kappa shape index (κ2) is 10.8. The first-order valence-corrected chi connectivity index (χ1v) is 8.73. The quantitative estimate of drug-likeness (QED) is 0.653. The van der Waals surface area contributed by atoms with Crippen LogP contribution < -0.4 is 11.1 Å². The Morgan fingerprint density at radius 3 is 2.56 bits per heavy atom. The van der Waals surface area contributed by atoms with Crippen LogP contribution in [0.1, 0.15) is 43.0 Å². The van der Waals surface area contributed by atoms with Gasteiger partial charge in [0, 0.05) is 26.0 Å². The summed E-state index contributed by atoms with van der Waals surface area (Å²) in [6.45, 7) is 4.45. The molecule has 2 rings (SSSR count). The van der Waals surface area contributed by atoms with E-state index in [-0.39, 0.29) is 36.3 Å². The monoisotopic (exact) mass is 408 g/mol. The lowest BCUT2D eigenvalue weighted by atomic mass is 9.93. The first-order chi connectivity index (χ1) is 11.0. The normalized spacial score (nSPS) is 10.7. The smallest absolute Gasteiger partial charge is 0.287 e. The Balaban J connectivity index is 0.00000288. The number of hydrogen-bond acceptors (Lipinski definition) is 5. The summed E-state index contributed by atoms with van der Waals surface area (Å²) in [4.78, 5) is 16.6. The largest absolute Gasteiger partial charge is 0.455 e. The molecule has 9 heteroatoms. The number of hydrogen-bond donors (Lipinski definition) is 2. The van der Waals surface area contributed by atoms with E-state index in [4.69, 9.17) is 10.2 Å². The van der Waals surface area contributed by atoms with E-state index in [1.165, 1.54) is 0 Å². The molecule has 0 fully saturated rings. The number of carbonyl (C=O) groups is 1. The highest BCUT2D eigenvalue weighted by Gasteiger charge is 2.27. The Kier molecular flexibility index (Phi) is 10.3. The second-order valence-corrected chi connectivity index (χ2v) is 6.46. The maximum Gasteiger partial charge on any atom is 0.287 e. The van der Waals surface area contributed by atoms with Crippen LogP contribution in [0.4, 0.5) is 0 Å². The number of halogens is 2. The van der Waals surface area contributed by atoms with Gasteiger partial charge in [-0.05, 0) is 25.0 Å². The number of nitrogens with two attached hydrogens (primary N) is 1. The van der Waals surface area contributed by atoms with Gasteiger partial charge < -0.3 is 20.0 Å². The van der Waals surface area contributed by atoms with Gasteiger partial charge in [-0.2, -0.15) is 0 Å². The van der Waals surface area contributed by atoms with E-state index in [0.29, 0.717) is 18.1 Å². The van der Waals surface area contributed by atoms with Crippen LogP contribution in [0.2, 0.25) is 0 Å². The van der Waals surface area contributed by atoms with E-state index >= 15 is 0 Å². The molecule has 0 spiro atoms. The van der Waals surface area contributed by atoms with Crippen molar-refractivity contribution in [3.63, 3.8) is 0 Å². The number of nitrogens with one attached hydrogen (secondary N) is 1. The number of amides is 1. The molecule has 0 bridgehead atoms. The summed E-state index contributed by atoms with van der Waals surface area (Å²) in [5.41, 5.74) is 5.45. The van der Waals surface area contributed by atoms with Crippen molar-refractivity contribution in [2.75, 3.05) is 6.54 Å². The Morgan fingerprint density at radius 1 is 1.36 bits per heavy atom. The highest BCUT2D eigenvalue weighted by molar-refractivity contribution is 7.98. The first kappa shape index (κ1) is 23.9. The zero-order valence-corrected chi connectivity index (χ0v) is 17.1. The lowest BCUT2D eigenvalue weighted by molar-refractivity contribution is 0.0865. The molecule has 142 valence electrons. The predicted octanol–water partition coefficient (Wildman–Crippen LogP) is 3.40. The van der Waals surface area contributed by atoms with Crippen LogP contribution in [0.3, 0.4) is 0 Å². The average Bonchev–Trinajstić information content (AvgIpc) is 3.19. The Bertz CT molecular complexity index is 648. The zero-order chi connectivity index (χ0) is 16.9. The third-order valence-corrected chi connectivity index (χ3v) is 5.21. The molecule has 2 heterocycles. The lowest BCUT2D eigenvalue weighted by Crippen LogP contribution is -2.52. The van der Waals surface area contributed by atoms with Crippen molar-refractivity contribution in [1.29, 1.82) is 0 Å². The number of aryl methyl sites for hydroxylation is 1. The van der Waals surface area contributed by atoms with Crippen molar-refractivity contribution in [2.45, 2.75) is 43.1 Å². The Morgan fingerprint density at radius 2 is 2.04 bits per heavy atom. The molecule has 25 heavy (non-hydrogen) atoms. The zero-order valence-electron chi connectivity index (χ0n) is 14.7. The van der Waals surface area contributed by atoms with Gasteiger partial charge in [-0.15, -0.1) is 24.8 Å². The minimum Gasteiger partial charge on any atom is -0.455 e. The van der Waals surface area contributed by atoms with Crippen molar-refractivity contribution in [1.82, 2.24) is 14.9 Å². The van der Waals surface area contributed by atoms with Gasteiger partial charge in [-0.1, -0.05) is 25.6 Å². The standard InChI is InChI=1S/C16H24N4O2S.2ClH/c1-4-16(5-2,11-17)19-14(21)13-7-6-12(22-13)10-23-15-18-8-9-20(15)3;;/h6-9H,4-5,10-11,17H2,1-3H3,(H,19,21);2*1H. The molecule has 0 aliphatic heterocycles. The van der Waals surface area contributed by atoms with E-state index < -0.39 is 0 Å². The van der Waals surface area contributed by atoms with Crippen LogP contribution in [0.25, 0.3) is 0 Å². The molecule has 0 atom stereocenters. The molecule has 0 unspecified atom stereocenters. The van der Waals surface area contributed by atoms with Crippen molar-refractivity contribution in [3.8, 4) is 0 Å². The maximum atomic E-state index is 12.4. The van der Waals surface area contributed by atoms with Gasteiger partial charge in [0.05, 0.1) is 11.3 Å². The molecule has 3 N–H and O–H groups in total. The lowest BCUT2D eigenvalue weighted by Gasteiger charge is -2.30. The molecule has 0 aliphatic rings. The molecule has 1 amide bonds. The predicted molar refractivity (Wildman–Crippen MR) is 106 cm³/mol. The highest BCUT2D eigenvalue weighted by atomic mass is 35.5. The molecule has 0 saturated heterocycles. The molecule has 6 nitrogen and oxygen atoms in total. The molecular formula is C16H26Cl2N4O2S. The number of carbonyl (C=O) groups excluding carboxylic acids is 1. The fraction of sp³-hybridized carbons (Fsp3) is 0.500. The summed E-state index contributed by atoms with van der Waals surface area (Å²) in [5, 5.41) is 3.92. The molecule has 2 aromatic rings. The van der Waals surface area contributed by atoms with Crippen LogP contribution in [0.5, 0.6) is 0 Å². The number of furan rings is 1. The maximum absolute atomic E-state index is 12.4. The molecular weight excluding hydrogens is 383 g/mol. The SMILES string of the molecule is CCC(CC)(CN)NC(=O)c1ccc(CSc2nccn2C)o1.Cl.Cl. The van der Waals surface area contributed by atoms with Crippen LogP contribution in [0, 0.1) is 0 Å². The van der Waals surface area contributed by atoms with Gasteiger partial charge in [-0.3, -0.25) is 4.79 Å². The van der Waals surface area contributed by atoms with E-state index in [2.05, 4.69) is 10.3 Å². The van der Waals surface area contributed by atoms with Crippen LogP contribution in [-0.4, -0.2) is 27.5 Å². The molecule has 0 saturated carbocycles. The Labute approximate surface area is 165 Å². The molecule has 0 aliphatic carbocycles. The summed E-state index contributed by atoms with van der Waals surface area (Å²) < 4.78 is 7.60. The molecule has 2 aromatic heterocycles. The van der Waals surface area contributed by atoms with Crippen LogP contribution in [0.15, 0.2) is 34.1 Å². The van der Waals surface area contributed by atoms with E-state index in [0.717, 1.165) is 23.8 Å². The minimum atomic E-state index is -0.369. The van der Waals surface area contributed by atoms with Crippen LogP contribution in [-0.2, 0) is 12.8 Å². The number of nitrogens with zero attached hydrogens (tertiary/aromatic N) is 2. The van der Waals surface area contributed by atoms with Gasteiger partial charge in [0.1, 0.15) is 5.76 Å². The third kappa shape index (κ3) is 5.95. The summed E-state index contributed by atoms with van der Waals surface area (Å²) in [5.74, 6) is 1.48. The fourth-order valence-corrected chi connectivity index (χ4v) is 3.10. The fourth-order valence-electron chi connectivity index (χ4n) is 2.27. The van der Waals surface area contributed by atoms with Gasteiger partial charge in [0.15, 0.2) is 10.9 Å². The highest BCUT2D eigenvalue weighted by Crippen LogP contribution is 2.22. The van der Waals surface area contributed by atoms with Crippen molar-refractivity contribution >= 4 is 42.5 Å². The minimum absolute atomic E-state index is 0. The molecule has 0 aromatic carbocycles. The number of rotatable bonds is 8. The number of imidazole rings is 1. The topological polar surface area (TPSA) is 86.1 Å². The summed E-state index contributed by atoms with van der Waals surface area (Å²) in [6.07, 6.45) is 5.22. The van der Waals surface area contributed by atoms with Crippen LogP contribution >= 0.6 is 36.6 Å². The summed E-state index contributed by atoms with van der Waals surface area (Å²) in [7, 11) is 1.94. The van der Waals surface area contributed by atoms with Gasteiger partial charge in [0.2, 0.25) is 0 Å². The van der Waals surface area contributed by atoms with Crippen molar-refractivity contribution in [3.05, 3.63) is 36.0 Å². The van der Waals surface area contributed by atoms with Gasteiger partial charge in [-0.25, -0.2) is 4.98 Å². The first-order valence-electron chi connectivity index (χ1n) is 7.75. The summed E-state index contributed by atoms with van der Waals surface area (Å²) in [6, 6.07) is 3.53. The average molecular weight is 409 g/mol.